The van der Waals surface area contributed by atoms with Crippen LogP contribution < -0.4 is 0 Å². The van der Waals surface area contributed by atoms with Gasteiger partial charge in [-0.15, -0.1) is 0 Å². The first-order valence-electron chi connectivity index (χ1n) is 7.53. The van der Waals surface area contributed by atoms with Crippen LogP contribution in [0.4, 0.5) is 0 Å². The topological polar surface area (TPSA) is 17.1 Å². The van der Waals surface area contributed by atoms with E-state index in [0.717, 1.165) is 12.8 Å². The zero-order valence-electron chi connectivity index (χ0n) is 12.0. The predicted octanol–water partition coefficient (Wildman–Crippen LogP) is 6.05. The zero-order chi connectivity index (χ0) is 13.9. The predicted molar refractivity (Wildman–Crippen MR) is 83.0 cm³/mol. The molecule has 0 aliphatic heterocycles. The quantitative estimate of drug-likeness (QED) is 0.376. The number of hydrogen-bond donors (Lipinski definition) is 0. The second-order valence-corrected chi connectivity index (χ2v) is 5.54. The van der Waals surface area contributed by atoms with Crippen LogP contribution in [0.5, 0.6) is 0 Å². The number of halogens is 1. The van der Waals surface area contributed by atoms with Crippen molar-refractivity contribution in [2.75, 3.05) is 0 Å². The molecule has 0 spiro atoms. The van der Waals surface area contributed by atoms with Crippen LogP contribution in [0.3, 0.4) is 0 Å². The van der Waals surface area contributed by atoms with Crippen LogP contribution in [0.2, 0.25) is 5.02 Å². The molecule has 0 saturated carbocycles. The Kier molecular flexibility index (Phi) is 8.57. The Morgan fingerprint density at radius 3 is 2.16 bits per heavy atom. The summed E-state index contributed by atoms with van der Waals surface area (Å²) in [4.78, 5) is 12.0. The van der Waals surface area contributed by atoms with Crippen LogP contribution in [-0.4, -0.2) is 5.78 Å². The lowest BCUT2D eigenvalue weighted by Gasteiger charge is -2.03. The van der Waals surface area contributed by atoms with Gasteiger partial charge in [0.05, 0.1) is 5.02 Å². The van der Waals surface area contributed by atoms with Gasteiger partial charge >= 0.3 is 0 Å². The zero-order valence-corrected chi connectivity index (χ0v) is 12.7. The van der Waals surface area contributed by atoms with Crippen molar-refractivity contribution in [1.29, 1.82) is 0 Å². The van der Waals surface area contributed by atoms with E-state index in [0.29, 0.717) is 17.0 Å². The minimum Gasteiger partial charge on any atom is -0.294 e. The highest BCUT2D eigenvalue weighted by molar-refractivity contribution is 6.33. The number of benzene rings is 1. The van der Waals surface area contributed by atoms with Crippen LogP contribution >= 0.6 is 11.6 Å². The fourth-order valence-electron chi connectivity index (χ4n) is 2.24. The van der Waals surface area contributed by atoms with Crippen molar-refractivity contribution in [1.82, 2.24) is 0 Å². The summed E-state index contributed by atoms with van der Waals surface area (Å²) in [5.41, 5.74) is 0.673. The fourth-order valence-corrected chi connectivity index (χ4v) is 2.48. The van der Waals surface area contributed by atoms with Gasteiger partial charge in [-0.1, -0.05) is 75.6 Å². The average molecular weight is 281 g/mol. The van der Waals surface area contributed by atoms with Gasteiger partial charge in [0.1, 0.15) is 0 Å². The smallest absolute Gasteiger partial charge is 0.164 e. The van der Waals surface area contributed by atoms with E-state index in [-0.39, 0.29) is 5.78 Å². The normalized spacial score (nSPS) is 10.6. The van der Waals surface area contributed by atoms with Gasteiger partial charge in [-0.3, -0.25) is 4.79 Å². The van der Waals surface area contributed by atoms with Crippen molar-refractivity contribution in [2.45, 2.75) is 64.7 Å². The number of carbonyl (C=O) groups excluding carboxylic acids is 1. The van der Waals surface area contributed by atoms with Gasteiger partial charge in [0, 0.05) is 12.0 Å². The molecule has 0 bridgehead atoms. The molecule has 1 aromatic carbocycles. The van der Waals surface area contributed by atoms with Gasteiger partial charge in [0.25, 0.3) is 0 Å². The highest BCUT2D eigenvalue weighted by Gasteiger charge is 2.08. The number of hydrogen-bond acceptors (Lipinski definition) is 1. The van der Waals surface area contributed by atoms with Gasteiger partial charge < -0.3 is 0 Å². The molecular weight excluding hydrogens is 256 g/mol. The Morgan fingerprint density at radius 1 is 0.947 bits per heavy atom. The summed E-state index contributed by atoms with van der Waals surface area (Å²) in [6, 6.07) is 7.32. The lowest BCUT2D eigenvalue weighted by molar-refractivity contribution is 0.0979. The third kappa shape index (κ3) is 6.77. The van der Waals surface area contributed by atoms with E-state index in [9.17, 15) is 4.79 Å². The second-order valence-electron chi connectivity index (χ2n) is 5.13. The summed E-state index contributed by atoms with van der Waals surface area (Å²) in [6.07, 6.45) is 10.7. The number of Topliss-reactive ketones (excluding diaryl/α,β-unsaturated/α-hetero) is 1. The van der Waals surface area contributed by atoms with Crippen LogP contribution in [0.15, 0.2) is 24.3 Å². The lowest BCUT2D eigenvalue weighted by Crippen LogP contribution is -1.99. The molecule has 0 N–H and O–H groups in total. The van der Waals surface area contributed by atoms with Crippen LogP contribution in [0, 0.1) is 0 Å². The first kappa shape index (κ1) is 16.2. The van der Waals surface area contributed by atoms with Crippen LogP contribution in [-0.2, 0) is 0 Å². The molecule has 0 atom stereocenters. The molecule has 0 radical (unpaired) electrons. The van der Waals surface area contributed by atoms with E-state index < -0.39 is 0 Å². The summed E-state index contributed by atoms with van der Waals surface area (Å²) >= 11 is 6.01. The molecule has 0 amide bonds. The standard InChI is InChI=1S/C17H25ClO/c1-2-3-4-5-6-7-8-9-14-17(19)15-12-10-11-13-16(15)18/h10-13H,2-9,14H2,1H3. The molecule has 1 aromatic rings. The van der Waals surface area contributed by atoms with Gasteiger partial charge in [0.2, 0.25) is 0 Å². The third-order valence-corrected chi connectivity index (χ3v) is 3.76. The highest BCUT2D eigenvalue weighted by Crippen LogP contribution is 2.18. The van der Waals surface area contributed by atoms with E-state index in [1.54, 1.807) is 6.07 Å². The Labute approximate surface area is 122 Å². The van der Waals surface area contributed by atoms with Crippen molar-refractivity contribution >= 4 is 17.4 Å². The summed E-state index contributed by atoms with van der Waals surface area (Å²) in [5, 5.41) is 0.576. The van der Waals surface area contributed by atoms with E-state index in [1.165, 1.54) is 38.5 Å². The van der Waals surface area contributed by atoms with Crippen molar-refractivity contribution in [3.8, 4) is 0 Å². The van der Waals surface area contributed by atoms with E-state index in [2.05, 4.69) is 6.92 Å². The molecule has 0 unspecified atom stereocenters. The molecule has 19 heavy (non-hydrogen) atoms. The lowest BCUT2D eigenvalue weighted by atomic mass is 10.0. The van der Waals surface area contributed by atoms with Crippen LogP contribution in [0.25, 0.3) is 0 Å². The minimum absolute atomic E-state index is 0.177. The number of rotatable bonds is 10. The Morgan fingerprint density at radius 2 is 1.53 bits per heavy atom. The SMILES string of the molecule is CCCCCCCCCCC(=O)c1ccccc1Cl. The molecule has 0 heterocycles. The molecular formula is C17H25ClO. The van der Waals surface area contributed by atoms with Gasteiger partial charge in [-0.25, -0.2) is 0 Å². The maximum absolute atomic E-state index is 12.0. The molecule has 0 aliphatic rings. The van der Waals surface area contributed by atoms with E-state index in [4.69, 9.17) is 11.6 Å². The molecule has 0 fully saturated rings. The van der Waals surface area contributed by atoms with Crippen molar-refractivity contribution in [3.63, 3.8) is 0 Å². The summed E-state index contributed by atoms with van der Waals surface area (Å²) in [7, 11) is 0. The number of ketones is 1. The van der Waals surface area contributed by atoms with Gasteiger partial charge in [-0.05, 0) is 18.6 Å². The van der Waals surface area contributed by atoms with E-state index in [1.807, 2.05) is 18.2 Å². The largest absolute Gasteiger partial charge is 0.294 e. The van der Waals surface area contributed by atoms with Crippen molar-refractivity contribution in [3.05, 3.63) is 34.9 Å². The first-order chi connectivity index (χ1) is 9.25. The maximum Gasteiger partial charge on any atom is 0.164 e. The Balaban J connectivity index is 2.10. The summed E-state index contributed by atoms with van der Waals surface area (Å²) in [5.74, 6) is 0.177. The first-order valence-corrected chi connectivity index (χ1v) is 7.91. The molecule has 0 saturated heterocycles. The Bertz CT molecular complexity index is 373. The number of unbranched alkanes of at least 4 members (excludes halogenated alkanes) is 7. The monoisotopic (exact) mass is 280 g/mol. The summed E-state index contributed by atoms with van der Waals surface area (Å²) < 4.78 is 0. The third-order valence-electron chi connectivity index (χ3n) is 3.43. The minimum atomic E-state index is 0.177. The summed E-state index contributed by atoms with van der Waals surface area (Å²) in [6.45, 7) is 2.24. The van der Waals surface area contributed by atoms with Gasteiger partial charge in [-0.2, -0.15) is 0 Å². The molecule has 0 aliphatic carbocycles. The van der Waals surface area contributed by atoms with E-state index >= 15 is 0 Å². The van der Waals surface area contributed by atoms with Crippen LogP contribution in [0.1, 0.15) is 75.1 Å². The Hall–Kier alpha value is -0.820. The maximum atomic E-state index is 12.0. The molecule has 1 rings (SSSR count). The second kappa shape index (κ2) is 10.0. The number of carbonyl (C=O) groups is 1. The van der Waals surface area contributed by atoms with Crippen molar-refractivity contribution in [2.24, 2.45) is 0 Å². The van der Waals surface area contributed by atoms with Gasteiger partial charge in [0.15, 0.2) is 5.78 Å². The average Bonchev–Trinajstić information content (AvgIpc) is 2.42. The van der Waals surface area contributed by atoms with Crippen molar-refractivity contribution < 1.29 is 4.79 Å². The fraction of sp³-hybridized carbons (Fsp3) is 0.588. The molecule has 106 valence electrons. The highest BCUT2D eigenvalue weighted by atomic mass is 35.5. The molecule has 2 heteroatoms. The molecule has 0 aromatic heterocycles. The molecule has 1 nitrogen and oxygen atoms in total.